The van der Waals surface area contributed by atoms with Gasteiger partial charge in [-0.05, 0) is 48.5 Å². The summed E-state index contributed by atoms with van der Waals surface area (Å²) >= 11 is 0. The number of benzene rings is 3. The molecule has 3 aromatic carbocycles. The van der Waals surface area contributed by atoms with E-state index in [2.05, 4.69) is 5.32 Å². The summed E-state index contributed by atoms with van der Waals surface area (Å²) in [4.78, 5) is 15.8. The number of rotatable bonds is 9. The number of nitrogens with two attached hydrogens (primary N) is 1. The number of nitrogens with zero attached hydrogens (tertiary/aromatic N) is 4. The Labute approximate surface area is 213 Å². The Morgan fingerprint density at radius 3 is 2.57 bits per heavy atom. The lowest BCUT2D eigenvalue weighted by atomic mass is 10.1. The van der Waals surface area contributed by atoms with Crippen molar-refractivity contribution in [3.05, 3.63) is 95.9 Å². The zero-order valence-electron chi connectivity index (χ0n) is 20.3. The fourth-order valence-electron chi connectivity index (χ4n) is 4.28. The highest BCUT2D eigenvalue weighted by molar-refractivity contribution is 5.95. The van der Waals surface area contributed by atoms with Crippen LogP contribution in [0.3, 0.4) is 0 Å². The van der Waals surface area contributed by atoms with Crippen molar-refractivity contribution >= 4 is 28.8 Å². The summed E-state index contributed by atoms with van der Waals surface area (Å²) in [6.07, 6.45) is -0.432. The van der Waals surface area contributed by atoms with Gasteiger partial charge in [-0.1, -0.05) is 30.3 Å². The van der Waals surface area contributed by atoms with E-state index < -0.39 is 6.10 Å². The van der Waals surface area contributed by atoms with E-state index in [9.17, 15) is 9.90 Å². The van der Waals surface area contributed by atoms with Crippen LogP contribution in [0.4, 0.5) is 5.69 Å². The van der Waals surface area contributed by atoms with Gasteiger partial charge in [0.15, 0.2) is 0 Å². The van der Waals surface area contributed by atoms with Crippen LogP contribution in [0.1, 0.15) is 17.1 Å². The monoisotopic (exact) mass is 493 g/mol. The first-order valence-corrected chi connectivity index (χ1v) is 11.8. The van der Waals surface area contributed by atoms with Crippen LogP contribution < -0.4 is 11.1 Å². The third kappa shape index (κ3) is 4.98. The van der Waals surface area contributed by atoms with E-state index in [4.69, 9.17) is 21.2 Å². The van der Waals surface area contributed by atoms with Gasteiger partial charge in [-0.2, -0.15) is 5.10 Å². The van der Waals surface area contributed by atoms with Gasteiger partial charge in [-0.3, -0.25) is 5.41 Å². The molecule has 0 fully saturated rings. The van der Waals surface area contributed by atoms with Crippen LogP contribution in [0.5, 0.6) is 0 Å². The van der Waals surface area contributed by atoms with Crippen molar-refractivity contribution in [1.29, 1.82) is 5.41 Å². The molecular weight excluding hydrogens is 466 g/mol. The third-order valence-corrected chi connectivity index (χ3v) is 6.25. The van der Waals surface area contributed by atoms with Crippen LogP contribution >= 0.6 is 0 Å². The number of carbonyl (C=O) groups is 1. The van der Waals surface area contributed by atoms with Crippen LogP contribution in [0.15, 0.2) is 78.9 Å². The summed E-state index contributed by atoms with van der Waals surface area (Å²) < 4.78 is 3.87. The lowest BCUT2D eigenvalue weighted by molar-refractivity contribution is -0.114. The number of hydrogen-bond acceptors (Lipinski definition) is 6. The minimum absolute atomic E-state index is 0.0392. The first kappa shape index (κ1) is 24.0. The van der Waals surface area contributed by atoms with Gasteiger partial charge in [-0.25, -0.2) is 9.67 Å². The molecule has 9 nitrogen and oxygen atoms in total. The summed E-state index contributed by atoms with van der Waals surface area (Å²) in [5.74, 6) is 0.902. The Morgan fingerprint density at radius 1 is 1.11 bits per heavy atom. The number of amidine groups is 1. The van der Waals surface area contributed by atoms with E-state index in [0.29, 0.717) is 24.1 Å². The minimum Gasteiger partial charge on any atom is -0.385 e. The number of hydrogen-bond donors (Lipinski definition) is 4. The Bertz CT molecular complexity index is 1570. The van der Waals surface area contributed by atoms with E-state index >= 15 is 0 Å². The molecule has 2 aromatic heterocycles. The molecule has 2 heterocycles. The Hall–Kier alpha value is -4.76. The highest BCUT2D eigenvalue weighted by Crippen LogP contribution is 2.27. The van der Waals surface area contributed by atoms with Gasteiger partial charge in [0.25, 0.3) is 0 Å². The summed E-state index contributed by atoms with van der Waals surface area (Å²) in [6, 6.07) is 25.2. The van der Waals surface area contributed by atoms with Crippen molar-refractivity contribution in [2.24, 2.45) is 12.8 Å². The van der Waals surface area contributed by atoms with Crippen molar-refractivity contribution in [3.8, 4) is 16.9 Å². The molecule has 0 radical (unpaired) electrons. The highest BCUT2D eigenvalue weighted by Gasteiger charge is 2.16. The molecule has 5 aromatic rings. The quantitative estimate of drug-likeness (QED) is 0.141. The molecule has 5 N–H and O–H groups in total. The second-order valence-electron chi connectivity index (χ2n) is 8.81. The average Bonchev–Trinajstić information content (AvgIpc) is 3.48. The van der Waals surface area contributed by atoms with E-state index in [-0.39, 0.29) is 12.3 Å². The molecule has 0 saturated heterocycles. The van der Waals surface area contributed by atoms with E-state index in [1.807, 2.05) is 95.2 Å². The molecule has 0 aliphatic heterocycles. The second-order valence-corrected chi connectivity index (χ2v) is 8.81. The number of aliphatic hydroxyl groups excluding tert-OH is 1. The zero-order valence-corrected chi connectivity index (χ0v) is 20.3. The maximum atomic E-state index is 11.0. The highest BCUT2D eigenvalue weighted by atomic mass is 16.3. The number of carbonyl (C=O) groups excluding carboxylic acids is 1. The van der Waals surface area contributed by atoms with Crippen molar-refractivity contribution in [3.63, 3.8) is 0 Å². The standard InChI is InChI=1S/C28H27N7O2/c1-34-25-12-11-22(15-24(25)32-27(34)16-31-20-9-7-19(8-10-20)28(29)30)35-26(18-5-3-2-4-6-18)14-21(33-35)13-23(37)17-36/h2-12,14-15,17,23,31,37H,13,16H2,1H3,(H3,29,30). The van der Waals surface area contributed by atoms with Gasteiger partial charge < -0.3 is 25.5 Å². The van der Waals surface area contributed by atoms with E-state index in [1.165, 1.54) is 0 Å². The summed E-state index contributed by atoms with van der Waals surface area (Å²) in [7, 11) is 1.98. The number of aliphatic hydroxyl groups is 1. The van der Waals surface area contributed by atoms with Gasteiger partial charge in [0.2, 0.25) is 0 Å². The van der Waals surface area contributed by atoms with Crippen molar-refractivity contribution in [2.45, 2.75) is 19.1 Å². The molecule has 0 amide bonds. The molecular formula is C28H27N7O2. The maximum absolute atomic E-state index is 11.0. The number of fused-ring (bicyclic) bond motifs is 1. The van der Waals surface area contributed by atoms with Crippen molar-refractivity contribution in [2.75, 3.05) is 5.32 Å². The number of aryl methyl sites for hydroxylation is 1. The lowest BCUT2D eigenvalue weighted by Gasteiger charge is -2.08. The molecule has 1 unspecified atom stereocenters. The molecule has 0 aliphatic carbocycles. The fourth-order valence-corrected chi connectivity index (χ4v) is 4.28. The molecule has 0 spiro atoms. The fraction of sp³-hybridized carbons (Fsp3) is 0.143. The molecule has 0 aliphatic rings. The lowest BCUT2D eigenvalue weighted by Crippen LogP contribution is -2.12. The average molecular weight is 494 g/mol. The number of anilines is 1. The van der Waals surface area contributed by atoms with Gasteiger partial charge in [0.1, 0.15) is 24.1 Å². The Kier molecular flexibility index (Phi) is 6.53. The Balaban J connectivity index is 1.46. The third-order valence-electron chi connectivity index (χ3n) is 6.25. The number of nitrogens with one attached hydrogen (secondary N) is 2. The molecule has 0 saturated carbocycles. The largest absolute Gasteiger partial charge is 0.385 e. The van der Waals surface area contributed by atoms with Gasteiger partial charge in [-0.15, -0.1) is 0 Å². The number of aromatic nitrogens is 4. The first-order chi connectivity index (χ1) is 17.9. The number of nitrogen functional groups attached to an aromatic ring is 1. The molecule has 5 rings (SSSR count). The Morgan fingerprint density at radius 2 is 1.86 bits per heavy atom. The first-order valence-electron chi connectivity index (χ1n) is 11.8. The van der Waals surface area contributed by atoms with Crippen molar-refractivity contribution < 1.29 is 9.90 Å². The van der Waals surface area contributed by atoms with E-state index in [0.717, 1.165) is 39.5 Å². The normalized spacial score (nSPS) is 11.9. The minimum atomic E-state index is -1.10. The van der Waals surface area contributed by atoms with Crippen LogP contribution in [0.25, 0.3) is 28.0 Å². The molecule has 1 atom stereocenters. The predicted molar refractivity (Wildman–Crippen MR) is 144 cm³/mol. The number of aldehydes is 1. The van der Waals surface area contributed by atoms with Gasteiger partial charge >= 0.3 is 0 Å². The van der Waals surface area contributed by atoms with Crippen LogP contribution in [-0.2, 0) is 24.8 Å². The smallest absolute Gasteiger partial charge is 0.148 e. The summed E-state index contributed by atoms with van der Waals surface area (Å²) in [5.41, 5.74) is 12.2. The van der Waals surface area contributed by atoms with Gasteiger partial charge in [0.05, 0.1) is 34.7 Å². The van der Waals surface area contributed by atoms with Crippen LogP contribution in [-0.4, -0.2) is 42.7 Å². The van der Waals surface area contributed by atoms with Crippen molar-refractivity contribution in [1.82, 2.24) is 19.3 Å². The molecule has 37 heavy (non-hydrogen) atoms. The van der Waals surface area contributed by atoms with Crippen LogP contribution in [0.2, 0.25) is 0 Å². The number of imidazole rings is 1. The molecule has 186 valence electrons. The maximum Gasteiger partial charge on any atom is 0.148 e. The van der Waals surface area contributed by atoms with E-state index in [1.54, 1.807) is 0 Å². The SMILES string of the molecule is Cn1c(CNc2ccc(C(=N)N)cc2)nc2cc(-n3nc(CC(O)C=O)cc3-c3ccccc3)ccc21. The molecule has 9 heteroatoms. The topological polar surface area (TPSA) is 135 Å². The van der Waals surface area contributed by atoms with Gasteiger partial charge in [0, 0.05) is 30.3 Å². The van der Waals surface area contributed by atoms with Crippen LogP contribution in [0, 0.1) is 5.41 Å². The summed E-state index contributed by atoms with van der Waals surface area (Å²) in [6.45, 7) is 0.519. The molecule has 0 bridgehead atoms. The summed E-state index contributed by atoms with van der Waals surface area (Å²) in [5, 5.41) is 25.4. The predicted octanol–water partition coefficient (Wildman–Crippen LogP) is 3.42. The zero-order chi connectivity index (χ0) is 25.9. The second kappa shape index (κ2) is 10.1.